The van der Waals surface area contributed by atoms with E-state index < -0.39 is 9.84 Å². The van der Waals surface area contributed by atoms with Crippen molar-refractivity contribution < 1.29 is 8.42 Å². The number of rotatable bonds is 2. The number of thioether (sulfide) groups is 1. The van der Waals surface area contributed by atoms with Gasteiger partial charge in [0, 0.05) is 15.8 Å². The molecule has 0 radical (unpaired) electrons. The fourth-order valence-corrected chi connectivity index (χ4v) is 5.46. The van der Waals surface area contributed by atoms with Gasteiger partial charge in [-0.1, -0.05) is 11.6 Å². The number of hydrogen-bond donors (Lipinski definition) is 1. The van der Waals surface area contributed by atoms with Crippen molar-refractivity contribution >= 4 is 38.9 Å². The van der Waals surface area contributed by atoms with Gasteiger partial charge in [0.1, 0.15) is 0 Å². The predicted octanol–water partition coefficient (Wildman–Crippen LogP) is 2.20. The fourth-order valence-electron chi connectivity index (χ4n) is 1.64. The van der Waals surface area contributed by atoms with E-state index in [0.29, 0.717) is 17.1 Å². The van der Waals surface area contributed by atoms with Crippen molar-refractivity contribution in [3.8, 4) is 0 Å². The summed E-state index contributed by atoms with van der Waals surface area (Å²) in [6, 6.07) is 5.26. The average Bonchev–Trinajstić information content (AvgIpc) is 2.52. The Morgan fingerprint density at radius 2 is 2.19 bits per heavy atom. The summed E-state index contributed by atoms with van der Waals surface area (Å²) < 4.78 is 22.6. The molecule has 2 rings (SSSR count). The summed E-state index contributed by atoms with van der Waals surface area (Å²) in [5, 5.41) is 0.729. The first-order valence-corrected chi connectivity index (χ1v) is 7.96. The zero-order valence-corrected chi connectivity index (χ0v) is 10.9. The largest absolute Gasteiger partial charge is 0.399 e. The van der Waals surface area contributed by atoms with E-state index >= 15 is 0 Å². The van der Waals surface area contributed by atoms with Crippen LogP contribution >= 0.6 is 23.4 Å². The van der Waals surface area contributed by atoms with E-state index in [4.69, 9.17) is 17.3 Å². The minimum Gasteiger partial charge on any atom is -0.399 e. The third kappa shape index (κ3) is 2.84. The van der Waals surface area contributed by atoms with Gasteiger partial charge in [0.15, 0.2) is 9.84 Å². The summed E-state index contributed by atoms with van der Waals surface area (Å²) in [5.41, 5.74) is 6.31. The monoisotopic (exact) mass is 277 g/mol. The van der Waals surface area contributed by atoms with E-state index in [9.17, 15) is 8.42 Å². The molecule has 16 heavy (non-hydrogen) atoms. The first-order valence-electron chi connectivity index (χ1n) is 4.88. The van der Waals surface area contributed by atoms with Crippen LogP contribution in [-0.2, 0) is 9.84 Å². The SMILES string of the molecule is Nc1ccc(Cl)c(SC2CCS(=O)(=O)C2)c1. The lowest BCUT2D eigenvalue weighted by molar-refractivity contribution is 0.602. The number of halogens is 1. The van der Waals surface area contributed by atoms with Gasteiger partial charge in [-0.05, 0) is 24.6 Å². The summed E-state index contributed by atoms with van der Waals surface area (Å²) >= 11 is 7.52. The van der Waals surface area contributed by atoms with Crippen LogP contribution < -0.4 is 5.73 Å². The molecule has 1 aliphatic rings. The Morgan fingerprint density at radius 3 is 2.81 bits per heavy atom. The van der Waals surface area contributed by atoms with E-state index in [1.165, 1.54) is 11.8 Å². The van der Waals surface area contributed by atoms with Gasteiger partial charge in [-0.15, -0.1) is 11.8 Å². The maximum absolute atomic E-state index is 11.3. The minimum absolute atomic E-state index is 0.101. The number of anilines is 1. The molecule has 1 aromatic carbocycles. The first kappa shape index (κ1) is 12.1. The number of benzene rings is 1. The second kappa shape index (κ2) is 4.47. The summed E-state index contributed by atoms with van der Waals surface area (Å²) in [6.45, 7) is 0. The number of nitrogen functional groups attached to an aromatic ring is 1. The van der Waals surface area contributed by atoms with Gasteiger partial charge in [0.2, 0.25) is 0 Å². The Hall–Kier alpha value is -0.390. The maximum Gasteiger partial charge on any atom is 0.151 e. The molecule has 0 aliphatic carbocycles. The van der Waals surface area contributed by atoms with Crippen molar-refractivity contribution in [3.63, 3.8) is 0 Å². The number of nitrogens with two attached hydrogens (primary N) is 1. The van der Waals surface area contributed by atoms with Gasteiger partial charge in [-0.3, -0.25) is 0 Å². The first-order chi connectivity index (χ1) is 7.46. The third-order valence-corrected chi connectivity index (χ3v) is 6.19. The number of sulfone groups is 1. The lowest BCUT2D eigenvalue weighted by Crippen LogP contribution is -2.06. The Balaban J connectivity index is 2.13. The van der Waals surface area contributed by atoms with Gasteiger partial charge in [0.05, 0.1) is 16.5 Å². The molecular formula is C10H12ClNO2S2. The van der Waals surface area contributed by atoms with Crippen molar-refractivity contribution in [2.45, 2.75) is 16.6 Å². The van der Waals surface area contributed by atoms with Crippen LogP contribution in [0.15, 0.2) is 23.1 Å². The van der Waals surface area contributed by atoms with Crippen molar-refractivity contribution in [2.24, 2.45) is 0 Å². The van der Waals surface area contributed by atoms with E-state index in [1.807, 2.05) is 0 Å². The lowest BCUT2D eigenvalue weighted by Gasteiger charge is -2.09. The molecule has 1 heterocycles. The van der Waals surface area contributed by atoms with Crippen LogP contribution in [0.3, 0.4) is 0 Å². The molecule has 1 saturated heterocycles. The van der Waals surface area contributed by atoms with Gasteiger partial charge in [-0.2, -0.15) is 0 Å². The maximum atomic E-state index is 11.3. The Morgan fingerprint density at radius 1 is 1.44 bits per heavy atom. The summed E-state index contributed by atoms with van der Waals surface area (Å²) in [4.78, 5) is 0.865. The van der Waals surface area contributed by atoms with Gasteiger partial charge >= 0.3 is 0 Å². The standard InChI is InChI=1S/C10H12ClNO2S2/c11-9-2-1-7(12)5-10(9)15-8-3-4-16(13,14)6-8/h1-2,5,8H,3-4,6,12H2. The summed E-state index contributed by atoms with van der Waals surface area (Å²) in [5.74, 6) is 0.521. The summed E-state index contributed by atoms with van der Waals surface area (Å²) in [7, 11) is -2.83. The van der Waals surface area contributed by atoms with Crippen LogP contribution in [0.1, 0.15) is 6.42 Å². The van der Waals surface area contributed by atoms with Crippen LogP contribution in [0.25, 0.3) is 0 Å². The Bertz CT molecular complexity index is 502. The van der Waals surface area contributed by atoms with Crippen LogP contribution in [0.4, 0.5) is 5.69 Å². The molecule has 1 unspecified atom stereocenters. The third-order valence-electron chi connectivity index (χ3n) is 2.44. The second-order valence-electron chi connectivity index (χ2n) is 3.83. The second-order valence-corrected chi connectivity index (χ2v) is 7.81. The molecule has 1 aromatic rings. The lowest BCUT2D eigenvalue weighted by atomic mass is 10.3. The molecule has 2 N–H and O–H groups in total. The number of hydrogen-bond acceptors (Lipinski definition) is 4. The topological polar surface area (TPSA) is 60.2 Å². The molecule has 3 nitrogen and oxygen atoms in total. The molecule has 88 valence electrons. The van der Waals surface area contributed by atoms with Gasteiger partial charge in [0.25, 0.3) is 0 Å². The van der Waals surface area contributed by atoms with Crippen LogP contribution in [0.5, 0.6) is 0 Å². The molecule has 6 heteroatoms. The highest BCUT2D eigenvalue weighted by Gasteiger charge is 2.28. The van der Waals surface area contributed by atoms with Gasteiger partial charge < -0.3 is 5.73 Å². The molecule has 0 aromatic heterocycles. The highest BCUT2D eigenvalue weighted by Crippen LogP contribution is 2.36. The van der Waals surface area contributed by atoms with Crippen molar-refractivity contribution in [1.29, 1.82) is 0 Å². The van der Waals surface area contributed by atoms with Crippen molar-refractivity contribution in [1.82, 2.24) is 0 Å². The molecule has 0 amide bonds. The quantitative estimate of drug-likeness (QED) is 0.842. The Kier molecular flexibility index (Phi) is 3.37. The minimum atomic E-state index is -2.83. The molecular weight excluding hydrogens is 266 g/mol. The zero-order valence-electron chi connectivity index (χ0n) is 8.52. The molecule has 0 bridgehead atoms. The van der Waals surface area contributed by atoms with Crippen molar-refractivity contribution in [3.05, 3.63) is 23.2 Å². The van der Waals surface area contributed by atoms with E-state index in [1.54, 1.807) is 18.2 Å². The zero-order chi connectivity index (χ0) is 11.8. The van der Waals surface area contributed by atoms with Crippen LogP contribution in [0.2, 0.25) is 5.02 Å². The highest BCUT2D eigenvalue weighted by molar-refractivity contribution is 8.02. The van der Waals surface area contributed by atoms with Crippen molar-refractivity contribution in [2.75, 3.05) is 17.2 Å². The smallest absolute Gasteiger partial charge is 0.151 e. The van der Waals surface area contributed by atoms with E-state index in [0.717, 1.165) is 4.90 Å². The van der Waals surface area contributed by atoms with E-state index in [-0.39, 0.29) is 16.8 Å². The summed E-state index contributed by atoms with van der Waals surface area (Å²) in [6.07, 6.45) is 0.693. The molecule has 1 atom stereocenters. The predicted molar refractivity (Wildman–Crippen MR) is 68.8 cm³/mol. The van der Waals surface area contributed by atoms with E-state index in [2.05, 4.69) is 0 Å². The van der Waals surface area contributed by atoms with Crippen LogP contribution in [-0.4, -0.2) is 25.2 Å². The molecule has 1 fully saturated rings. The average molecular weight is 278 g/mol. The Labute approximate surface area is 104 Å². The highest BCUT2D eigenvalue weighted by atomic mass is 35.5. The molecule has 0 saturated carbocycles. The molecule has 0 spiro atoms. The van der Waals surface area contributed by atoms with Gasteiger partial charge in [-0.25, -0.2) is 8.42 Å². The fraction of sp³-hybridized carbons (Fsp3) is 0.400. The normalized spacial score (nSPS) is 23.4. The molecule has 1 aliphatic heterocycles. The van der Waals surface area contributed by atoms with Crippen LogP contribution in [0, 0.1) is 0 Å².